The molecule has 0 spiro atoms. The largest absolute Gasteiger partial charge is 0.332 e. The van der Waals surface area contributed by atoms with Gasteiger partial charge in [0.2, 0.25) is 5.91 Å². The van der Waals surface area contributed by atoms with Gasteiger partial charge in [-0.25, -0.2) is 0 Å². The lowest BCUT2D eigenvalue weighted by molar-refractivity contribution is -0.385. The molecule has 0 heterocycles. The van der Waals surface area contributed by atoms with Crippen molar-refractivity contribution in [3.05, 3.63) is 68.8 Å². The molecule has 1 N–H and O–H groups in total. The number of carbonyl (C=O) groups is 2. The van der Waals surface area contributed by atoms with Gasteiger partial charge in [0.25, 0.3) is 11.6 Å². The van der Waals surface area contributed by atoms with Crippen LogP contribution in [0.3, 0.4) is 0 Å². The van der Waals surface area contributed by atoms with Crippen LogP contribution in [0.25, 0.3) is 0 Å². The Morgan fingerprint density at radius 2 is 1.69 bits per heavy atom. The Labute approximate surface area is 151 Å². The van der Waals surface area contributed by atoms with Crippen molar-refractivity contribution in [2.45, 2.75) is 20.8 Å². The fourth-order valence-corrected chi connectivity index (χ4v) is 2.86. The molecule has 7 nitrogen and oxygen atoms in total. The van der Waals surface area contributed by atoms with E-state index < -0.39 is 10.8 Å². The van der Waals surface area contributed by atoms with Gasteiger partial charge < -0.3 is 10.2 Å². The topological polar surface area (TPSA) is 92.6 Å². The summed E-state index contributed by atoms with van der Waals surface area (Å²) in [6.07, 6.45) is 0. The molecule has 0 radical (unpaired) electrons. The van der Waals surface area contributed by atoms with E-state index >= 15 is 0 Å². The SMILES string of the molecule is Cc1cc(C)c(NC(=O)CN(C)C(=O)c2ccccc2[N+](=O)[O-])c(C)c1. The van der Waals surface area contributed by atoms with Gasteiger partial charge in [-0.2, -0.15) is 0 Å². The fraction of sp³-hybridized carbons (Fsp3) is 0.263. The van der Waals surface area contributed by atoms with E-state index in [9.17, 15) is 19.7 Å². The van der Waals surface area contributed by atoms with Crippen molar-refractivity contribution in [2.24, 2.45) is 0 Å². The third kappa shape index (κ3) is 4.24. The van der Waals surface area contributed by atoms with Crippen LogP contribution in [-0.4, -0.2) is 35.2 Å². The molecule has 7 heteroatoms. The van der Waals surface area contributed by atoms with Gasteiger partial charge in [-0.15, -0.1) is 0 Å². The molecule has 0 aliphatic rings. The Morgan fingerprint density at radius 3 is 2.27 bits per heavy atom. The number of para-hydroxylation sites is 1. The second kappa shape index (κ2) is 7.77. The third-order valence-corrected chi connectivity index (χ3v) is 4.00. The summed E-state index contributed by atoms with van der Waals surface area (Å²) in [4.78, 5) is 36.4. The lowest BCUT2D eigenvalue weighted by Crippen LogP contribution is -2.35. The summed E-state index contributed by atoms with van der Waals surface area (Å²) in [5, 5.41) is 13.9. The predicted molar refractivity (Wildman–Crippen MR) is 99.3 cm³/mol. The molecule has 2 amide bonds. The smallest absolute Gasteiger partial charge is 0.282 e. The lowest BCUT2D eigenvalue weighted by atomic mass is 10.1. The molecule has 0 aromatic heterocycles. The average molecular weight is 355 g/mol. The van der Waals surface area contributed by atoms with Crippen LogP contribution in [-0.2, 0) is 4.79 Å². The van der Waals surface area contributed by atoms with E-state index in [1.54, 1.807) is 6.07 Å². The summed E-state index contributed by atoms with van der Waals surface area (Å²) in [6.45, 7) is 5.57. The first-order valence-corrected chi connectivity index (χ1v) is 8.07. The fourth-order valence-electron chi connectivity index (χ4n) is 2.86. The summed E-state index contributed by atoms with van der Waals surface area (Å²) in [7, 11) is 1.44. The molecule has 0 saturated carbocycles. The van der Waals surface area contributed by atoms with Gasteiger partial charge in [0.1, 0.15) is 5.56 Å². The molecule has 2 aromatic carbocycles. The maximum Gasteiger partial charge on any atom is 0.282 e. The van der Waals surface area contributed by atoms with Crippen molar-refractivity contribution >= 4 is 23.2 Å². The highest BCUT2D eigenvalue weighted by Gasteiger charge is 2.23. The molecule has 0 atom stereocenters. The molecule has 2 rings (SSSR count). The van der Waals surface area contributed by atoms with Gasteiger partial charge in [0.05, 0.1) is 11.5 Å². The number of amides is 2. The average Bonchev–Trinajstić information content (AvgIpc) is 2.57. The summed E-state index contributed by atoms with van der Waals surface area (Å²) >= 11 is 0. The van der Waals surface area contributed by atoms with E-state index in [0.717, 1.165) is 21.6 Å². The molecule has 0 fully saturated rings. The maximum absolute atomic E-state index is 12.5. The van der Waals surface area contributed by atoms with Crippen LogP contribution in [0.2, 0.25) is 0 Å². The number of nitro groups is 1. The van der Waals surface area contributed by atoms with Gasteiger partial charge in [-0.05, 0) is 38.0 Å². The molecule has 136 valence electrons. The van der Waals surface area contributed by atoms with Gasteiger partial charge in [0, 0.05) is 18.8 Å². The van der Waals surface area contributed by atoms with Crippen molar-refractivity contribution in [3.63, 3.8) is 0 Å². The van der Waals surface area contributed by atoms with Crippen LogP contribution < -0.4 is 5.32 Å². The molecular weight excluding hydrogens is 334 g/mol. The van der Waals surface area contributed by atoms with Crippen LogP contribution in [0, 0.1) is 30.9 Å². The van der Waals surface area contributed by atoms with E-state index in [1.807, 2.05) is 32.9 Å². The molecule has 26 heavy (non-hydrogen) atoms. The minimum Gasteiger partial charge on any atom is -0.332 e. The summed E-state index contributed by atoms with van der Waals surface area (Å²) in [6, 6.07) is 9.61. The molecular formula is C19H21N3O4. The zero-order valence-electron chi connectivity index (χ0n) is 15.2. The lowest BCUT2D eigenvalue weighted by Gasteiger charge is -2.18. The number of likely N-dealkylation sites (N-methyl/N-ethyl adjacent to an activating group) is 1. The van der Waals surface area contributed by atoms with Crippen LogP contribution in [0.4, 0.5) is 11.4 Å². The van der Waals surface area contributed by atoms with Gasteiger partial charge in [-0.3, -0.25) is 19.7 Å². The third-order valence-electron chi connectivity index (χ3n) is 4.00. The van der Waals surface area contributed by atoms with Crippen LogP contribution >= 0.6 is 0 Å². The highest BCUT2D eigenvalue weighted by Crippen LogP contribution is 2.22. The number of rotatable bonds is 5. The first-order valence-electron chi connectivity index (χ1n) is 8.07. The van der Waals surface area contributed by atoms with Crippen LogP contribution in [0.5, 0.6) is 0 Å². The predicted octanol–water partition coefficient (Wildman–Crippen LogP) is 3.23. The van der Waals surface area contributed by atoms with Gasteiger partial charge in [-0.1, -0.05) is 29.8 Å². The number of benzene rings is 2. The number of hydrogen-bond donors (Lipinski definition) is 1. The Kier molecular flexibility index (Phi) is 5.71. The quantitative estimate of drug-likeness (QED) is 0.658. The number of aryl methyl sites for hydroxylation is 3. The standard InChI is InChI=1S/C19H21N3O4/c1-12-9-13(2)18(14(3)10-12)20-17(23)11-21(4)19(24)15-7-5-6-8-16(15)22(25)26/h5-10H,11H2,1-4H3,(H,20,23). The van der Waals surface area contributed by atoms with Gasteiger partial charge in [0.15, 0.2) is 0 Å². The van der Waals surface area contributed by atoms with Crippen molar-refractivity contribution in [1.82, 2.24) is 4.90 Å². The second-order valence-electron chi connectivity index (χ2n) is 6.26. The number of nitro benzene ring substituents is 1. The maximum atomic E-state index is 12.5. The Balaban J connectivity index is 2.13. The number of hydrogen-bond acceptors (Lipinski definition) is 4. The summed E-state index contributed by atoms with van der Waals surface area (Å²) < 4.78 is 0. The second-order valence-corrected chi connectivity index (χ2v) is 6.26. The van der Waals surface area contributed by atoms with E-state index in [2.05, 4.69) is 5.32 Å². The molecule has 0 unspecified atom stereocenters. The monoisotopic (exact) mass is 355 g/mol. The molecule has 0 aliphatic heterocycles. The first kappa shape index (κ1) is 19.1. The van der Waals surface area contributed by atoms with E-state index in [1.165, 1.54) is 25.2 Å². The number of nitrogens with zero attached hydrogens (tertiary/aromatic N) is 2. The molecule has 0 aliphatic carbocycles. The Morgan fingerprint density at radius 1 is 1.12 bits per heavy atom. The van der Waals surface area contributed by atoms with Crippen molar-refractivity contribution in [1.29, 1.82) is 0 Å². The minimum atomic E-state index is -0.611. The molecule has 0 bridgehead atoms. The van der Waals surface area contributed by atoms with E-state index in [4.69, 9.17) is 0 Å². The first-order chi connectivity index (χ1) is 12.2. The Hall–Kier alpha value is -3.22. The highest BCUT2D eigenvalue weighted by molar-refractivity contribution is 6.01. The summed E-state index contributed by atoms with van der Waals surface area (Å²) in [5.74, 6) is -0.945. The number of anilines is 1. The number of carbonyl (C=O) groups excluding carboxylic acids is 2. The molecule has 0 saturated heterocycles. The minimum absolute atomic E-state index is 0.0458. The zero-order valence-corrected chi connectivity index (χ0v) is 15.2. The van der Waals surface area contributed by atoms with Crippen molar-refractivity contribution in [3.8, 4) is 0 Å². The summed E-state index contributed by atoms with van der Waals surface area (Å²) in [5.41, 5.74) is 3.35. The zero-order chi connectivity index (χ0) is 19.4. The normalized spacial score (nSPS) is 10.3. The Bertz CT molecular complexity index is 854. The number of nitrogens with one attached hydrogen (secondary N) is 1. The van der Waals surface area contributed by atoms with Crippen LogP contribution in [0.15, 0.2) is 36.4 Å². The van der Waals surface area contributed by atoms with E-state index in [-0.39, 0.29) is 23.7 Å². The van der Waals surface area contributed by atoms with E-state index in [0.29, 0.717) is 5.69 Å². The van der Waals surface area contributed by atoms with Crippen LogP contribution in [0.1, 0.15) is 27.0 Å². The molecule has 2 aromatic rings. The van der Waals surface area contributed by atoms with Crippen molar-refractivity contribution in [2.75, 3.05) is 18.9 Å². The highest BCUT2D eigenvalue weighted by atomic mass is 16.6. The van der Waals surface area contributed by atoms with Gasteiger partial charge >= 0.3 is 0 Å². The van der Waals surface area contributed by atoms with Crippen molar-refractivity contribution < 1.29 is 14.5 Å².